The Hall–Kier alpha value is -2.41. The zero-order valence-electron chi connectivity index (χ0n) is 9.55. The normalized spacial score (nSPS) is 10.9. The fourth-order valence-corrected chi connectivity index (χ4v) is 2.05. The fraction of sp³-hybridized carbons (Fsp3) is 0. The Labute approximate surface area is 109 Å². The molecule has 0 radical (unpaired) electrons. The van der Waals surface area contributed by atoms with Gasteiger partial charge in [0.05, 0.1) is 0 Å². The van der Waals surface area contributed by atoms with E-state index in [9.17, 15) is 18.6 Å². The molecule has 0 aliphatic rings. The van der Waals surface area contributed by atoms with Crippen LogP contribution >= 0.6 is 0 Å². The highest BCUT2D eigenvalue weighted by Crippen LogP contribution is 2.29. The molecule has 0 atom stereocenters. The summed E-state index contributed by atoms with van der Waals surface area (Å²) in [7, 11) is -4.45. The van der Waals surface area contributed by atoms with E-state index in [2.05, 4.69) is 8.37 Å². The van der Waals surface area contributed by atoms with Crippen LogP contribution < -0.4 is 8.37 Å². The summed E-state index contributed by atoms with van der Waals surface area (Å²) in [6, 6.07) is 11.1. The summed E-state index contributed by atoms with van der Waals surface area (Å²) in [5, 5.41) is 18.8. The van der Waals surface area contributed by atoms with Crippen LogP contribution in [0.4, 0.5) is 0 Å². The third-order valence-electron chi connectivity index (χ3n) is 2.11. The van der Waals surface area contributed by atoms with Crippen molar-refractivity contribution >= 4 is 10.4 Å². The molecule has 0 spiro atoms. The first-order valence-electron chi connectivity index (χ1n) is 5.18. The number of hydrogen-bond donors (Lipinski definition) is 2. The van der Waals surface area contributed by atoms with Crippen LogP contribution in [0.5, 0.6) is 23.0 Å². The third-order valence-corrected chi connectivity index (χ3v) is 2.88. The molecule has 0 fully saturated rings. The lowest BCUT2D eigenvalue weighted by Gasteiger charge is -2.09. The molecule has 2 rings (SSSR count). The SMILES string of the molecule is O=S(=O)(Oc1ccccc1O)Oc1ccccc1O. The molecule has 7 heteroatoms. The fourth-order valence-electron chi connectivity index (χ4n) is 1.29. The van der Waals surface area contributed by atoms with E-state index >= 15 is 0 Å². The molecule has 19 heavy (non-hydrogen) atoms. The van der Waals surface area contributed by atoms with Crippen molar-refractivity contribution < 1.29 is 27.0 Å². The number of para-hydroxylation sites is 4. The number of benzene rings is 2. The quantitative estimate of drug-likeness (QED) is 0.888. The number of phenols is 2. The van der Waals surface area contributed by atoms with Crippen LogP contribution in [-0.4, -0.2) is 18.6 Å². The summed E-state index contributed by atoms with van der Waals surface area (Å²) in [5.74, 6) is -1.21. The van der Waals surface area contributed by atoms with Crippen molar-refractivity contribution in [3.05, 3.63) is 48.5 Å². The van der Waals surface area contributed by atoms with Gasteiger partial charge in [0.1, 0.15) is 0 Å². The lowest BCUT2D eigenvalue weighted by molar-refractivity contribution is 0.364. The van der Waals surface area contributed by atoms with Gasteiger partial charge in [0.25, 0.3) is 0 Å². The molecule has 0 heterocycles. The first kappa shape index (κ1) is 13.0. The molecule has 0 amide bonds. The van der Waals surface area contributed by atoms with Gasteiger partial charge in [-0.1, -0.05) is 24.3 Å². The van der Waals surface area contributed by atoms with E-state index in [1.807, 2.05) is 0 Å². The molecule has 0 saturated heterocycles. The first-order valence-corrected chi connectivity index (χ1v) is 6.51. The van der Waals surface area contributed by atoms with Crippen molar-refractivity contribution in [2.75, 3.05) is 0 Å². The number of phenolic OH excluding ortho intramolecular Hbond substituents is 2. The largest absolute Gasteiger partial charge is 0.504 e. The van der Waals surface area contributed by atoms with Gasteiger partial charge in [-0.2, -0.15) is 0 Å². The molecular weight excluding hydrogens is 272 g/mol. The van der Waals surface area contributed by atoms with Crippen LogP contribution in [0.3, 0.4) is 0 Å². The third kappa shape index (κ3) is 3.29. The van der Waals surface area contributed by atoms with Gasteiger partial charge in [0.2, 0.25) is 0 Å². The van der Waals surface area contributed by atoms with Crippen LogP contribution in [0.1, 0.15) is 0 Å². The highest BCUT2D eigenvalue weighted by molar-refractivity contribution is 7.82. The highest BCUT2D eigenvalue weighted by atomic mass is 32.3. The monoisotopic (exact) mass is 282 g/mol. The molecule has 2 aromatic carbocycles. The van der Waals surface area contributed by atoms with Gasteiger partial charge in [-0.15, -0.1) is 8.42 Å². The Morgan fingerprint density at radius 1 is 0.737 bits per heavy atom. The zero-order valence-corrected chi connectivity index (χ0v) is 10.4. The van der Waals surface area contributed by atoms with Crippen LogP contribution in [-0.2, 0) is 10.4 Å². The van der Waals surface area contributed by atoms with Crippen molar-refractivity contribution in [3.8, 4) is 23.0 Å². The summed E-state index contributed by atoms with van der Waals surface area (Å²) in [6.45, 7) is 0. The maximum atomic E-state index is 11.6. The molecule has 0 aliphatic heterocycles. The Bertz CT molecular complexity index is 627. The van der Waals surface area contributed by atoms with Crippen LogP contribution in [0.2, 0.25) is 0 Å². The minimum Gasteiger partial charge on any atom is -0.504 e. The molecule has 0 saturated carbocycles. The summed E-state index contributed by atoms with van der Waals surface area (Å²) < 4.78 is 32.4. The Morgan fingerprint density at radius 2 is 1.11 bits per heavy atom. The lowest BCUT2D eigenvalue weighted by Crippen LogP contribution is -2.16. The highest BCUT2D eigenvalue weighted by Gasteiger charge is 2.19. The van der Waals surface area contributed by atoms with Gasteiger partial charge in [0.15, 0.2) is 23.0 Å². The van der Waals surface area contributed by atoms with E-state index in [0.29, 0.717) is 0 Å². The maximum absolute atomic E-state index is 11.6. The van der Waals surface area contributed by atoms with Gasteiger partial charge in [0, 0.05) is 0 Å². The van der Waals surface area contributed by atoms with Gasteiger partial charge in [-0.05, 0) is 24.3 Å². The van der Waals surface area contributed by atoms with Crippen molar-refractivity contribution in [1.82, 2.24) is 0 Å². The van der Waals surface area contributed by atoms with Crippen LogP contribution in [0.25, 0.3) is 0 Å². The molecule has 6 nitrogen and oxygen atoms in total. The Kier molecular flexibility index (Phi) is 3.48. The van der Waals surface area contributed by atoms with Crippen molar-refractivity contribution in [1.29, 1.82) is 0 Å². The van der Waals surface area contributed by atoms with E-state index in [-0.39, 0.29) is 23.0 Å². The summed E-state index contributed by atoms with van der Waals surface area (Å²) in [4.78, 5) is 0. The topological polar surface area (TPSA) is 93.1 Å². The van der Waals surface area contributed by atoms with Gasteiger partial charge >= 0.3 is 10.4 Å². The molecule has 2 aromatic rings. The van der Waals surface area contributed by atoms with E-state index in [1.54, 1.807) is 0 Å². The maximum Gasteiger partial charge on any atom is 0.501 e. The standard InChI is InChI=1S/C12H10O6S/c13-9-5-1-3-7-11(9)17-19(15,16)18-12-8-4-2-6-10(12)14/h1-8,13-14H. The molecule has 0 unspecified atom stereocenters. The van der Waals surface area contributed by atoms with E-state index in [1.165, 1.54) is 48.5 Å². The average molecular weight is 282 g/mol. The molecular formula is C12H10O6S. The second-order valence-electron chi connectivity index (χ2n) is 3.51. The predicted octanol–water partition coefficient (Wildman–Crippen LogP) is 1.80. The van der Waals surface area contributed by atoms with Crippen molar-refractivity contribution in [2.45, 2.75) is 0 Å². The minimum absolute atomic E-state index is 0.266. The molecule has 0 aliphatic carbocycles. The second kappa shape index (κ2) is 5.07. The molecule has 0 bridgehead atoms. The van der Waals surface area contributed by atoms with Crippen LogP contribution in [0.15, 0.2) is 48.5 Å². The van der Waals surface area contributed by atoms with Gasteiger partial charge in [-0.25, -0.2) is 0 Å². The lowest BCUT2D eigenvalue weighted by atomic mass is 10.3. The minimum atomic E-state index is -4.45. The van der Waals surface area contributed by atoms with Gasteiger partial charge in [-0.3, -0.25) is 0 Å². The molecule has 0 aromatic heterocycles. The Balaban J connectivity index is 2.21. The number of rotatable bonds is 4. The molecule has 2 N–H and O–H groups in total. The number of aromatic hydroxyl groups is 2. The summed E-state index contributed by atoms with van der Waals surface area (Å²) in [6.07, 6.45) is 0. The molecule has 100 valence electrons. The van der Waals surface area contributed by atoms with Crippen LogP contribution in [0, 0.1) is 0 Å². The smallest absolute Gasteiger partial charge is 0.501 e. The second-order valence-corrected chi connectivity index (χ2v) is 4.66. The number of hydrogen-bond acceptors (Lipinski definition) is 6. The van der Waals surface area contributed by atoms with E-state index < -0.39 is 10.4 Å². The zero-order chi connectivity index (χ0) is 13.9. The first-order chi connectivity index (χ1) is 8.98. The summed E-state index contributed by atoms with van der Waals surface area (Å²) >= 11 is 0. The van der Waals surface area contributed by atoms with Crippen molar-refractivity contribution in [2.24, 2.45) is 0 Å². The predicted molar refractivity (Wildman–Crippen MR) is 66.4 cm³/mol. The van der Waals surface area contributed by atoms with Gasteiger partial charge < -0.3 is 18.6 Å². The van der Waals surface area contributed by atoms with E-state index in [0.717, 1.165) is 0 Å². The average Bonchev–Trinajstić information content (AvgIpc) is 2.35. The summed E-state index contributed by atoms with van der Waals surface area (Å²) in [5.41, 5.74) is 0. The van der Waals surface area contributed by atoms with Crippen molar-refractivity contribution in [3.63, 3.8) is 0 Å². The van der Waals surface area contributed by atoms with E-state index in [4.69, 9.17) is 0 Å². The Morgan fingerprint density at radius 3 is 1.47 bits per heavy atom.